The molecule has 110 valence electrons. The second-order valence-electron chi connectivity index (χ2n) is 5.26. The maximum Gasteiger partial charge on any atom is 0.354 e. The number of nitrogens with one attached hydrogen (secondary N) is 1. The highest BCUT2D eigenvalue weighted by molar-refractivity contribution is 5.85. The first-order chi connectivity index (χ1) is 10.2. The van der Waals surface area contributed by atoms with Crippen molar-refractivity contribution in [2.75, 3.05) is 13.1 Å². The van der Waals surface area contributed by atoms with Crippen molar-refractivity contribution >= 4 is 5.97 Å². The summed E-state index contributed by atoms with van der Waals surface area (Å²) in [7, 11) is 0. The summed E-state index contributed by atoms with van der Waals surface area (Å²) < 4.78 is 0. The second-order valence-corrected chi connectivity index (χ2v) is 5.26. The summed E-state index contributed by atoms with van der Waals surface area (Å²) in [6.07, 6.45) is 3.71. The molecule has 21 heavy (non-hydrogen) atoms. The molecule has 0 amide bonds. The molecule has 1 saturated heterocycles. The zero-order valence-corrected chi connectivity index (χ0v) is 11.6. The number of piperidine rings is 1. The van der Waals surface area contributed by atoms with Crippen LogP contribution >= 0.6 is 0 Å². The third kappa shape index (κ3) is 3.25. The molecule has 7 heteroatoms. The Morgan fingerprint density at radius 1 is 1.48 bits per heavy atom. The average molecular weight is 287 g/mol. The fourth-order valence-corrected chi connectivity index (χ4v) is 2.75. The topological polar surface area (TPSA) is 95.0 Å². The summed E-state index contributed by atoms with van der Waals surface area (Å²) in [5, 5.41) is 15.8. The smallest absolute Gasteiger partial charge is 0.354 e. The molecule has 0 radical (unpaired) electrons. The summed E-state index contributed by atoms with van der Waals surface area (Å²) in [6.45, 7) is 2.53. The summed E-state index contributed by atoms with van der Waals surface area (Å²) >= 11 is 0. The van der Waals surface area contributed by atoms with Crippen LogP contribution in [-0.4, -0.2) is 49.2 Å². The molecule has 0 bridgehead atoms. The Balaban J connectivity index is 1.67. The van der Waals surface area contributed by atoms with Gasteiger partial charge in [-0.25, -0.2) is 14.8 Å². The molecule has 1 aliphatic rings. The van der Waals surface area contributed by atoms with Crippen LogP contribution in [0.25, 0.3) is 0 Å². The first-order valence-corrected chi connectivity index (χ1v) is 6.99. The van der Waals surface area contributed by atoms with E-state index in [0.29, 0.717) is 12.5 Å². The summed E-state index contributed by atoms with van der Waals surface area (Å²) in [4.78, 5) is 21.6. The highest BCUT2D eigenvalue weighted by Gasteiger charge is 2.23. The van der Waals surface area contributed by atoms with Crippen molar-refractivity contribution in [2.45, 2.75) is 25.3 Å². The van der Waals surface area contributed by atoms with Crippen molar-refractivity contribution in [3.63, 3.8) is 0 Å². The van der Waals surface area contributed by atoms with Crippen molar-refractivity contribution in [1.82, 2.24) is 25.1 Å². The van der Waals surface area contributed by atoms with Crippen molar-refractivity contribution < 1.29 is 9.90 Å². The van der Waals surface area contributed by atoms with Crippen LogP contribution in [0.15, 0.2) is 24.5 Å². The van der Waals surface area contributed by atoms with Gasteiger partial charge in [-0.3, -0.25) is 10.00 Å². The normalized spacial score (nSPS) is 19.5. The predicted octanol–water partition coefficient (Wildman–Crippen LogP) is 1.28. The Morgan fingerprint density at radius 2 is 2.38 bits per heavy atom. The van der Waals surface area contributed by atoms with Gasteiger partial charge in [0.15, 0.2) is 0 Å². The largest absolute Gasteiger partial charge is 0.477 e. The maximum atomic E-state index is 11.0. The van der Waals surface area contributed by atoms with Gasteiger partial charge in [0, 0.05) is 19.0 Å². The highest BCUT2D eigenvalue weighted by atomic mass is 16.4. The molecule has 3 heterocycles. The van der Waals surface area contributed by atoms with E-state index in [-0.39, 0.29) is 5.69 Å². The molecule has 1 aliphatic heterocycles. The van der Waals surface area contributed by atoms with Gasteiger partial charge in [0.05, 0.1) is 5.69 Å². The molecule has 2 aromatic heterocycles. The molecule has 1 atom stereocenters. The van der Waals surface area contributed by atoms with Crippen LogP contribution in [0.1, 0.15) is 40.8 Å². The fraction of sp³-hybridized carbons (Fsp3) is 0.429. The molecular formula is C14H17N5O2. The molecule has 0 unspecified atom stereocenters. The van der Waals surface area contributed by atoms with E-state index < -0.39 is 5.97 Å². The van der Waals surface area contributed by atoms with E-state index >= 15 is 0 Å². The average Bonchev–Trinajstić information content (AvgIpc) is 3.02. The Kier molecular flexibility index (Phi) is 3.92. The number of aromatic amines is 1. The number of hydrogen-bond acceptors (Lipinski definition) is 5. The van der Waals surface area contributed by atoms with Crippen LogP contribution in [0.5, 0.6) is 0 Å². The SMILES string of the molecule is O=C(O)c1cccc(CN2CCC[C@H](c3ncn[nH]3)C2)n1. The lowest BCUT2D eigenvalue weighted by Gasteiger charge is -2.31. The lowest BCUT2D eigenvalue weighted by Crippen LogP contribution is -2.34. The number of H-pyrrole nitrogens is 1. The third-order valence-electron chi connectivity index (χ3n) is 3.74. The number of rotatable bonds is 4. The van der Waals surface area contributed by atoms with E-state index in [1.54, 1.807) is 6.07 Å². The van der Waals surface area contributed by atoms with Crippen LogP contribution in [0.2, 0.25) is 0 Å². The fourth-order valence-electron chi connectivity index (χ4n) is 2.75. The molecule has 0 aliphatic carbocycles. The number of aromatic nitrogens is 4. The van der Waals surface area contributed by atoms with Gasteiger partial charge in [0.2, 0.25) is 0 Å². The van der Waals surface area contributed by atoms with E-state index in [4.69, 9.17) is 5.11 Å². The first kappa shape index (κ1) is 13.7. The third-order valence-corrected chi connectivity index (χ3v) is 3.74. The minimum atomic E-state index is -0.991. The summed E-state index contributed by atoms with van der Waals surface area (Å²) in [5.74, 6) is 0.283. The van der Waals surface area contributed by atoms with E-state index in [1.807, 2.05) is 6.07 Å². The molecule has 7 nitrogen and oxygen atoms in total. The van der Waals surface area contributed by atoms with Gasteiger partial charge < -0.3 is 5.11 Å². The lowest BCUT2D eigenvalue weighted by atomic mass is 9.97. The zero-order chi connectivity index (χ0) is 14.7. The Hall–Kier alpha value is -2.28. The number of pyridine rings is 1. The number of carbonyl (C=O) groups is 1. The zero-order valence-electron chi connectivity index (χ0n) is 11.6. The minimum Gasteiger partial charge on any atom is -0.477 e. The Morgan fingerprint density at radius 3 is 3.14 bits per heavy atom. The molecule has 0 saturated carbocycles. The van der Waals surface area contributed by atoms with Gasteiger partial charge in [0.1, 0.15) is 17.8 Å². The van der Waals surface area contributed by atoms with E-state index in [2.05, 4.69) is 25.1 Å². The molecule has 3 rings (SSSR count). The van der Waals surface area contributed by atoms with Crippen molar-refractivity contribution in [1.29, 1.82) is 0 Å². The first-order valence-electron chi connectivity index (χ1n) is 6.99. The molecule has 2 aromatic rings. The second kappa shape index (κ2) is 6.01. The van der Waals surface area contributed by atoms with Crippen molar-refractivity contribution in [2.24, 2.45) is 0 Å². The van der Waals surface area contributed by atoms with Gasteiger partial charge >= 0.3 is 5.97 Å². The van der Waals surface area contributed by atoms with Gasteiger partial charge in [-0.2, -0.15) is 5.10 Å². The van der Waals surface area contributed by atoms with Crippen LogP contribution in [0.3, 0.4) is 0 Å². The summed E-state index contributed by atoms with van der Waals surface area (Å²) in [5.41, 5.74) is 0.879. The Bertz CT molecular complexity index is 614. The van der Waals surface area contributed by atoms with Gasteiger partial charge in [-0.05, 0) is 31.5 Å². The van der Waals surface area contributed by atoms with Crippen molar-refractivity contribution in [3.05, 3.63) is 41.7 Å². The summed E-state index contributed by atoms with van der Waals surface area (Å²) in [6, 6.07) is 5.12. The number of carboxylic acids is 1. The van der Waals surface area contributed by atoms with Crippen LogP contribution in [-0.2, 0) is 6.54 Å². The van der Waals surface area contributed by atoms with Crippen molar-refractivity contribution in [3.8, 4) is 0 Å². The number of carboxylic acid groups (broad SMARTS) is 1. The van der Waals surface area contributed by atoms with E-state index in [0.717, 1.165) is 37.4 Å². The van der Waals surface area contributed by atoms with Crippen LogP contribution in [0.4, 0.5) is 0 Å². The lowest BCUT2D eigenvalue weighted by molar-refractivity contribution is 0.0689. The standard InChI is InChI=1S/C14H17N5O2/c20-14(21)12-5-1-4-11(17-12)8-19-6-2-3-10(7-19)13-15-9-16-18-13/h1,4-5,9-10H,2-3,6-8H2,(H,20,21)(H,15,16,18)/t10-/m0/s1. The number of aromatic carboxylic acids is 1. The predicted molar refractivity (Wildman–Crippen MR) is 74.8 cm³/mol. The van der Waals surface area contributed by atoms with Crippen LogP contribution < -0.4 is 0 Å². The number of hydrogen-bond donors (Lipinski definition) is 2. The Labute approximate surface area is 122 Å². The molecular weight excluding hydrogens is 270 g/mol. The quantitative estimate of drug-likeness (QED) is 0.879. The minimum absolute atomic E-state index is 0.0938. The van der Waals surface area contributed by atoms with E-state index in [1.165, 1.54) is 12.4 Å². The van der Waals surface area contributed by atoms with Gasteiger partial charge in [-0.1, -0.05) is 6.07 Å². The highest BCUT2D eigenvalue weighted by Crippen LogP contribution is 2.24. The van der Waals surface area contributed by atoms with E-state index in [9.17, 15) is 4.79 Å². The number of nitrogens with zero attached hydrogens (tertiary/aromatic N) is 4. The molecule has 0 aromatic carbocycles. The van der Waals surface area contributed by atoms with Gasteiger partial charge in [-0.15, -0.1) is 0 Å². The molecule has 1 fully saturated rings. The van der Waals surface area contributed by atoms with Crippen LogP contribution in [0, 0.1) is 0 Å². The van der Waals surface area contributed by atoms with Gasteiger partial charge in [0.25, 0.3) is 0 Å². The molecule has 2 N–H and O–H groups in total. The molecule has 0 spiro atoms. The maximum absolute atomic E-state index is 11.0. The monoisotopic (exact) mass is 287 g/mol. The number of likely N-dealkylation sites (tertiary alicyclic amines) is 1.